The van der Waals surface area contributed by atoms with E-state index in [-0.39, 0.29) is 12.5 Å². The Balaban J connectivity index is 1.89. The number of ether oxygens (including phenoxy) is 1. The van der Waals surface area contributed by atoms with Crippen LogP contribution in [-0.4, -0.2) is 22.3 Å². The molecule has 0 aliphatic rings. The number of carbonyl (C=O) groups excluding carboxylic acids is 1. The molecule has 0 bridgehead atoms. The summed E-state index contributed by atoms with van der Waals surface area (Å²) in [5.74, 6) is 0.887. The van der Waals surface area contributed by atoms with E-state index in [1.165, 1.54) is 0 Å². The van der Waals surface area contributed by atoms with Crippen LogP contribution in [0.1, 0.15) is 5.56 Å². The second kappa shape index (κ2) is 5.75. The molecule has 1 N–H and O–H groups in total. The van der Waals surface area contributed by atoms with Gasteiger partial charge in [-0.2, -0.15) is 5.10 Å². The predicted octanol–water partition coefficient (Wildman–Crippen LogP) is 2.40. The van der Waals surface area contributed by atoms with E-state index in [1.807, 2.05) is 6.92 Å². The van der Waals surface area contributed by atoms with Crippen molar-refractivity contribution in [2.24, 2.45) is 7.05 Å². The summed E-state index contributed by atoms with van der Waals surface area (Å²) in [5.41, 5.74) is 0.887. The average Bonchev–Trinajstić information content (AvgIpc) is 2.73. The number of halogens is 1. The van der Waals surface area contributed by atoms with Gasteiger partial charge in [-0.25, -0.2) is 0 Å². The Hall–Kier alpha value is -2.01. The molecule has 0 radical (unpaired) electrons. The summed E-state index contributed by atoms with van der Waals surface area (Å²) in [5, 5.41) is 7.33. The summed E-state index contributed by atoms with van der Waals surface area (Å²) in [6.07, 6.45) is 1.75. The third-order valence-electron chi connectivity index (χ3n) is 2.48. The van der Waals surface area contributed by atoms with Crippen molar-refractivity contribution in [3.63, 3.8) is 0 Å². The maximum atomic E-state index is 11.7. The molecular weight excluding hydrogens is 266 g/mol. The summed E-state index contributed by atoms with van der Waals surface area (Å²) in [4.78, 5) is 11.7. The Morgan fingerprint density at radius 3 is 2.89 bits per heavy atom. The van der Waals surface area contributed by atoms with Gasteiger partial charge in [-0.15, -0.1) is 0 Å². The lowest BCUT2D eigenvalue weighted by Crippen LogP contribution is -2.20. The number of benzene rings is 1. The van der Waals surface area contributed by atoms with Crippen LogP contribution in [0.5, 0.6) is 5.75 Å². The lowest BCUT2D eigenvalue weighted by molar-refractivity contribution is -0.118. The molecular formula is C13H14ClN3O2. The van der Waals surface area contributed by atoms with E-state index in [2.05, 4.69) is 10.4 Å². The molecule has 0 spiro atoms. The van der Waals surface area contributed by atoms with Gasteiger partial charge < -0.3 is 10.1 Å². The van der Waals surface area contributed by atoms with Crippen molar-refractivity contribution in [3.05, 3.63) is 41.0 Å². The standard InChI is InChI=1S/C13H14ClN3O2/c1-9-7-10(14)3-4-11(9)19-8-13(18)15-12-5-6-17(2)16-12/h3-7H,8H2,1-2H3,(H,15,16,18). The first-order valence-corrected chi connectivity index (χ1v) is 6.11. The zero-order valence-corrected chi connectivity index (χ0v) is 11.4. The molecule has 2 aromatic rings. The summed E-state index contributed by atoms with van der Waals surface area (Å²) >= 11 is 5.84. The van der Waals surface area contributed by atoms with Crippen molar-refractivity contribution in [1.82, 2.24) is 9.78 Å². The van der Waals surface area contributed by atoms with Crippen molar-refractivity contribution in [2.45, 2.75) is 6.92 Å². The highest BCUT2D eigenvalue weighted by atomic mass is 35.5. The van der Waals surface area contributed by atoms with E-state index in [1.54, 1.807) is 42.2 Å². The lowest BCUT2D eigenvalue weighted by atomic mass is 10.2. The average molecular weight is 280 g/mol. The number of carbonyl (C=O) groups is 1. The van der Waals surface area contributed by atoms with E-state index in [0.29, 0.717) is 16.6 Å². The Morgan fingerprint density at radius 1 is 1.47 bits per heavy atom. The van der Waals surface area contributed by atoms with Crippen molar-refractivity contribution in [1.29, 1.82) is 0 Å². The molecule has 0 unspecified atom stereocenters. The second-order valence-corrected chi connectivity index (χ2v) is 4.56. The predicted molar refractivity (Wildman–Crippen MR) is 73.5 cm³/mol. The second-order valence-electron chi connectivity index (χ2n) is 4.12. The smallest absolute Gasteiger partial charge is 0.263 e. The number of nitrogens with zero attached hydrogens (tertiary/aromatic N) is 2. The van der Waals surface area contributed by atoms with Crippen LogP contribution < -0.4 is 10.1 Å². The number of aryl methyl sites for hydroxylation is 2. The van der Waals surface area contributed by atoms with Gasteiger partial charge in [0, 0.05) is 24.3 Å². The van der Waals surface area contributed by atoms with Crippen LogP contribution in [0.3, 0.4) is 0 Å². The number of nitrogens with one attached hydrogen (secondary N) is 1. The number of amides is 1. The SMILES string of the molecule is Cc1cc(Cl)ccc1OCC(=O)Nc1ccn(C)n1. The Kier molecular flexibility index (Phi) is 4.06. The van der Waals surface area contributed by atoms with Gasteiger partial charge in [0.05, 0.1) is 0 Å². The van der Waals surface area contributed by atoms with Crippen molar-refractivity contribution in [3.8, 4) is 5.75 Å². The van der Waals surface area contributed by atoms with Crippen molar-refractivity contribution < 1.29 is 9.53 Å². The first-order valence-electron chi connectivity index (χ1n) is 5.73. The minimum Gasteiger partial charge on any atom is -0.483 e. The van der Waals surface area contributed by atoms with Gasteiger partial charge in [-0.3, -0.25) is 9.48 Å². The molecule has 1 amide bonds. The van der Waals surface area contributed by atoms with E-state index in [9.17, 15) is 4.79 Å². The van der Waals surface area contributed by atoms with Crippen LogP contribution in [0, 0.1) is 6.92 Å². The van der Waals surface area contributed by atoms with Gasteiger partial charge >= 0.3 is 0 Å². The summed E-state index contributed by atoms with van der Waals surface area (Å²) in [7, 11) is 1.78. The molecule has 1 aromatic carbocycles. The number of hydrogen-bond donors (Lipinski definition) is 1. The van der Waals surface area contributed by atoms with Gasteiger partial charge in [0.25, 0.3) is 5.91 Å². The first-order chi connectivity index (χ1) is 9.04. The lowest BCUT2D eigenvalue weighted by Gasteiger charge is -2.08. The van der Waals surface area contributed by atoms with Crippen molar-refractivity contribution in [2.75, 3.05) is 11.9 Å². The highest BCUT2D eigenvalue weighted by Gasteiger charge is 2.07. The molecule has 0 saturated heterocycles. The monoisotopic (exact) mass is 279 g/mol. The Morgan fingerprint density at radius 2 is 2.26 bits per heavy atom. The van der Waals surface area contributed by atoms with Crippen LogP contribution in [-0.2, 0) is 11.8 Å². The summed E-state index contributed by atoms with van der Waals surface area (Å²) < 4.78 is 7.04. The molecule has 0 saturated carbocycles. The van der Waals surface area contributed by atoms with Crippen LogP contribution in [0.4, 0.5) is 5.82 Å². The highest BCUT2D eigenvalue weighted by Crippen LogP contribution is 2.21. The van der Waals surface area contributed by atoms with E-state index in [0.717, 1.165) is 5.56 Å². The van der Waals surface area contributed by atoms with Gasteiger partial charge in [-0.05, 0) is 30.7 Å². The normalized spacial score (nSPS) is 10.3. The van der Waals surface area contributed by atoms with E-state index in [4.69, 9.17) is 16.3 Å². The quantitative estimate of drug-likeness (QED) is 0.935. The number of anilines is 1. The van der Waals surface area contributed by atoms with E-state index < -0.39 is 0 Å². The summed E-state index contributed by atoms with van der Waals surface area (Å²) in [6.45, 7) is 1.80. The third kappa shape index (κ3) is 3.72. The minimum absolute atomic E-state index is 0.0704. The third-order valence-corrected chi connectivity index (χ3v) is 2.71. The Labute approximate surface area is 116 Å². The Bertz CT molecular complexity index is 595. The van der Waals surface area contributed by atoms with Crippen molar-refractivity contribution >= 4 is 23.3 Å². The molecule has 19 heavy (non-hydrogen) atoms. The molecule has 100 valence electrons. The largest absolute Gasteiger partial charge is 0.483 e. The topological polar surface area (TPSA) is 56.1 Å². The maximum absolute atomic E-state index is 11.7. The number of hydrogen-bond acceptors (Lipinski definition) is 3. The first kappa shape index (κ1) is 13.4. The molecule has 1 aromatic heterocycles. The molecule has 1 heterocycles. The molecule has 0 atom stereocenters. The fraction of sp³-hybridized carbons (Fsp3) is 0.231. The van der Waals surface area contributed by atoms with Gasteiger partial charge in [0.15, 0.2) is 12.4 Å². The molecule has 2 rings (SSSR count). The van der Waals surface area contributed by atoms with Crippen LogP contribution in [0.15, 0.2) is 30.5 Å². The molecule has 5 nitrogen and oxygen atoms in total. The van der Waals surface area contributed by atoms with Gasteiger partial charge in [0.1, 0.15) is 5.75 Å². The van der Waals surface area contributed by atoms with Crippen LogP contribution in [0.2, 0.25) is 5.02 Å². The molecule has 0 fully saturated rings. The molecule has 6 heteroatoms. The maximum Gasteiger partial charge on any atom is 0.263 e. The zero-order valence-electron chi connectivity index (χ0n) is 10.7. The minimum atomic E-state index is -0.256. The van der Waals surface area contributed by atoms with Gasteiger partial charge in [0.2, 0.25) is 0 Å². The fourth-order valence-electron chi connectivity index (χ4n) is 1.58. The van der Waals surface area contributed by atoms with E-state index >= 15 is 0 Å². The zero-order chi connectivity index (χ0) is 13.8. The molecule has 0 aliphatic carbocycles. The van der Waals surface area contributed by atoms with Crippen LogP contribution >= 0.6 is 11.6 Å². The molecule has 0 aliphatic heterocycles. The highest BCUT2D eigenvalue weighted by molar-refractivity contribution is 6.30. The summed E-state index contributed by atoms with van der Waals surface area (Å²) in [6, 6.07) is 6.96. The fourth-order valence-corrected chi connectivity index (χ4v) is 1.81. The number of aromatic nitrogens is 2. The van der Waals surface area contributed by atoms with Crippen LogP contribution in [0.25, 0.3) is 0 Å². The number of rotatable bonds is 4. The van der Waals surface area contributed by atoms with Gasteiger partial charge in [-0.1, -0.05) is 11.6 Å².